The van der Waals surface area contributed by atoms with Crippen molar-refractivity contribution in [3.05, 3.63) is 0 Å². The first kappa shape index (κ1) is 16.4. The minimum absolute atomic E-state index is 0.216. The van der Waals surface area contributed by atoms with Gasteiger partial charge in [-0.2, -0.15) is 17.4 Å². The molecule has 1 heterocycles. The van der Waals surface area contributed by atoms with Crippen LogP contribution in [-0.4, -0.2) is 54.1 Å². The van der Waals surface area contributed by atoms with Crippen molar-refractivity contribution in [3.8, 4) is 0 Å². The van der Waals surface area contributed by atoms with Gasteiger partial charge in [0.2, 0.25) is 0 Å². The van der Waals surface area contributed by atoms with E-state index in [9.17, 15) is 18.3 Å². The summed E-state index contributed by atoms with van der Waals surface area (Å²) in [5.41, 5.74) is 0. The fourth-order valence-corrected chi connectivity index (χ4v) is 3.68. The zero-order valence-electron chi connectivity index (χ0n) is 11.2. The molecule has 0 aliphatic carbocycles. The lowest BCUT2D eigenvalue weighted by atomic mass is 9.99. The number of aliphatic hydroxyl groups is 1. The van der Waals surface area contributed by atoms with Crippen LogP contribution >= 0.6 is 0 Å². The molecule has 3 N–H and O–H groups in total. The van der Waals surface area contributed by atoms with Crippen LogP contribution < -0.4 is 4.72 Å². The molecule has 0 saturated carbocycles. The second-order valence-corrected chi connectivity index (χ2v) is 6.82. The summed E-state index contributed by atoms with van der Waals surface area (Å²) in [7, 11) is -3.60. The minimum Gasteiger partial charge on any atom is -0.481 e. The van der Waals surface area contributed by atoms with Crippen molar-refractivity contribution >= 4 is 16.2 Å². The fraction of sp³-hybridized carbons (Fsp3) is 0.909. The predicted octanol–water partition coefficient (Wildman–Crippen LogP) is -0.223. The van der Waals surface area contributed by atoms with Crippen LogP contribution in [0, 0.1) is 5.92 Å². The van der Waals surface area contributed by atoms with E-state index >= 15 is 0 Å². The SMILES string of the molecule is CC(O)CC(C)NS(=O)(=O)N1CCC(C(=O)O)CC1. The number of nitrogens with one attached hydrogen (secondary N) is 1. The van der Waals surface area contributed by atoms with Gasteiger partial charge in [0.25, 0.3) is 10.2 Å². The molecule has 0 spiro atoms. The van der Waals surface area contributed by atoms with Gasteiger partial charge < -0.3 is 10.2 Å². The van der Waals surface area contributed by atoms with Gasteiger partial charge in [-0.15, -0.1) is 0 Å². The normalized spacial score (nSPS) is 22.1. The van der Waals surface area contributed by atoms with Gasteiger partial charge in [-0.3, -0.25) is 4.79 Å². The van der Waals surface area contributed by atoms with Crippen LogP contribution in [0.3, 0.4) is 0 Å². The van der Waals surface area contributed by atoms with E-state index < -0.39 is 28.2 Å². The summed E-state index contributed by atoms with van der Waals surface area (Å²) in [6.45, 7) is 3.72. The zero-order chi connectivity index (χ0) is 14.6. The maximum absolute atomic E-state index is 12.0. The minimum atomic E-state index is -3.60. The maximum Gasteiger partial charge on any atom is 0.306 e. The number of hydrogen-bond acceptors (Lipinski definition) is 4. The summed E-state index contributed by atoms with van der Waals surface area (Å²) in [6.07, 6.45) is 0.433. The fourth-order valence-electron chi connectivity index (χ4n) is 2.23. The molecule has 0 aromatic heterocycles. The Morgan fingerprint density at radius 2 is 1.89 bits per heavy atom. The molecule has 8 heteroatoms. The molecule has 1 fully saturated rings. The topological polar surface area (TPSA) is 107 Å². The summed E-state index contributed by atoms with van der Waals surface area (Å²) in [5, 5.41) is 18.1. The molecule has 1 aliphatic rings. The summed E-state index contributed by atoms with van der Waals surface area (Å²) in [5.74, 6) is -1.33. The van der Waals surface area contributed by atoms with Crippen LogP contribution in [0.1, 0.15) is 33.1 Å². The number of aliphatic carboxylic acids is 1. The summed E-state index contributed by atoms with van der Waals surface area (Å²) >= 11 is 0. The van der Waals surface area contributed by atoms with Crippen LogP contribution in [0.5, 0.6) is 0 Å². The molecule has 7 nitrogen and oxygen atoms in total. The van der Waals surface area contributed by atoms with Crippen LogP contribution in [0.2, 0.25) is 0 Å². The molecule has 0 aromatic rings. The Morgan fingerprint density at radius 1 is 1.37 bits per heavy atom. The number of nitrogens with zero attached hydrogens (tertiary/aromatic N) is 1. The Morgan fingerprint density at radius 3 is 2.32 bits per heavy atom. The number of carbonyl (C=O) groups is 1. The third kappa shape index (κ3) is 5.06. The third-order valence-corrected chi connectivity index (χ3v) is 4.93. The van der Waals surface area contributed by atoms with E-state index in [1.54, 1.807) is 13.8 Å². The van der Waals surface area contributed by atoms with Gasteiger partial charge in [-0.25, -0.2) is 0 Å². The number of piperidine rings is 1. The molecular weight excluding hydrogens is 272 g/mol. The molecule has 0 amide bonds. The molecule has 1 rings (SSSR count). The van der Waals surface area contributed by atoms with Gasteiger partial charge in [-0.1, -0.05) is 0 Å². The molecule has 0 radical (unpaired) electrons. The lowest BCUT2D eigenvalue weighted by molar-refractivity contribution is -0.142. The number of aliphatic hydroxyl groups excluding tert-OH is 1. The van der Waals surface area contributed by atoms with E-state index in [1.165, 1.54) is 4.31 Å². The number of carboxylic acid groups (broad SMARTS) is 1. The second kappa shape index (κ2) is 6.65. The first-order valence-corrected chi connectivity index (χ1v) is 7.84. The Labute approximate surface area is 113 Å². The van der Waals surface area contributed by atoms with Crippen molar-refractivity contribution in [2.75, 3.05) is 13.1 Å². The average Bonchev–Trinajstić information content (AvgIpc) is 2.27. The molecule has 0 aromatic carbocycles. The highest BCUT2D eigenvalue weighted by Crippen LogP contribution is 2.19. The van der Waals surface area contributed by atoms with Crippen LogP contribution in [-0.2, 0) is 15.0 Å². The van der Waals surface area contributed by atoms with E-state index in [0.717, 1.165) is 0 Å². The number of carboxylic acids is 1. The summed E-state index contributed by atoms with van der Waals surface area (Å²) in [6, 6.07) is -0.359. The lowest BCUT2D eigenvalue weighted by Crippen LogP contribution is -2.48. The molecule has 1 aliphatic heterocycles. The molecule has 2 unspecified atom stereocenters. The highest BCUT2D eigenvalue weighted by atomic mass is 32.2. The summed E-state index contributed by atoms with van der Waals surface area (Å²) < 4.78 is 27.8. The smallest absolute Gasteiger partial charge is 0.306 e. The molecular formula is C11H22N2O5S. The average molecular weight is 294 g/mol. The molecule has 1 saturated heterocycles. The molecule has 19 heavy (non-hydrogen) atoms. The first-order chi connectivity index (χ1) is 8.72. The van der Waals surface area contributed by atoms with Crippen molar-refractivity contribution in [3.63, 3.8) is 0 Å². The monoisotopic (exact) mass is 294 g/mol. The van der Waals surface area contributed by atoms with Gasteiger partial charge in [-0.05, 0) is 33.1 Å². The second-order valence-electron chi connectivity index (χ2n) is 5.12. The Bertz CT molecular complexity index is 401. The molecule has 2 atom stereocenters. The van der Waals surface area contributed by atoms with Crippen molar-refractivity contribution < 1.29 is 23.4 Å². The first-order valence-electron chi connectivity index (χ1n) is 6.40. The Kier molecular flexibility index (Phi) is 5.72. The zero-order valence-corrected chi connectivity index (χ0v) is 12.1. The molecule has 112 valence electrons. The van der Waals surface area contributed by atoms with E-state index in [2.05, 4.69) is 4.72 Å². The van der Waals surface area contributed by atoms with E-state index in [4.69, 9.17) is 5.11 Å². The Hall–Kier alpha value is -0.700. The van der Waals surface area contributed by atoms with Gasteiger partial charge in [0.05, 0.1) is 12.0 Å². The van der Waals surface area contributed by atoms with Gasteiger partial charge in [0.1, 0.15) is 0 Å². The van der Waals surface area contributed by atoms with Gasteiger partial charge >= 0.3 is 5.97 Å². The predicted molar refractivity (Wildman–Crippen MR) is 69.7 cm³/mol. The van der Waals surface area contributed by atoms with Crippen LogP contribution in [0.4, 0.5) is 0 Å². The maximum atomic E-state index is 12.0. The van der Waals surface area contributed by atoms with Crippen LogP contribution in [0.25, 0.3) is 0 Å². The van der Waals surface area contributed by atoms with Crippen molar-refractivity contribution in [1.82, 2.24) is 9.03 Å². The van der Waals surface area contributed by atoms with Crippen molar-refractivity contribution in [2.24, 2.45) is 5.92 Å². The standard InChI is InChI=1S/C11H22N2O5S/c1-8(7-9(2)14)12-19(17,18)13-5-3-10(4-6-13)11(15)16/h8-10,12,14H,3-7H2,1-2H3,(H,15,16). The van der Waals surface area contributed by atoms with Crippen molar-refractivity contribution in [2.45, 2.75) is 45.3 Å². The van der Waals surface area contributed by atoms with E-state index in [1.807, 2.05) is 0 Å². The largest absolute Gasteiger partial charge is 0.481 e. The highest BCUT2D eigenvalue weighted by Gasteiger charge is 2.31. The molecule has 0 bridgehead atoms. The summed E-state index contributed by atoms with van der Waals surface area (Å²) in [4.78, 5) is 10.8. The quantitative estimate of drug-likeness (QED) is 0.627. The number of rotatable bonds is 6. The van der Waals surface area contributed by atoms with Gasteiger partial charge in [0.15, 0.2) is 0 Å². The van der Waals surface area contributed by atoms with E-state index in [-0.39, 0.29) is 19.1 Å². The Balaban J connectivity index is 2.53. The third-order valence-electron chi connectivity index (χ3n) is 3.19. The van der Waals surface area contributed by atoms with Crippen molar-refractivity contribution in [1.29, 1.82) is 0 Å². The van der Waals surface area contributed by atoms with E-state index in [0.29, 0.717) is 19.3 Å². The number of hydrogen-bond donors (Lipinski definition) is 3. The lowest BCUT2D eigenvalue weighted by Gasteiger charge is -2.30. The van der Waals surface area contributed by atoms with Gasteiger partial charge in [0, 0.05) is 19.1 Å². The highest BCUT2D eigenvalue weighted by molar-refractivity contribution is 7.87. The van der Waals surface area contributed by atoms with Crippen LogP contribution in [0.15, 0.2) is 0 Å².